The zero-order chi connectivity index (χ0) is 47.0. The Morgan fingerprint density at radius 2 is 0.437 bits per heavy atom. The van der Waals surface area contributed by atoms with Crippen LogP contribution in [0, 0.1) is 88.4 Å². The van der Waals surface area contributed by atoms with Crippen LogP contribution in [0.15, 0.2) is 243 Å². The van der Waals surface area contributed by atoms with Crippen molar-refractivity contribution in [3.8, 4) is 0 Å². The molecule has 3 fully saturated rings. The standard InChI is InChI=1S/C24H20B.2C17H14P.C8H12.Os.Rh/c1-5-13-21(14-6-1)25(22-15-7-2-8-16-22,23-17-9-3-10-18-23)24-19-11-4-12-20-24;2*1-3-9-15(10-4-1)18(17-13-7-8-14-17)16-11-5-2-6-12-16;1-2-4-6-8-7-5-3-1;;/h1-20H;2*1-14H;1-2,7-8H,3-6H2;;/q-1;;;;+2;. The summed E-state index contributed by atoms with van der Waals surface area (Å²) in [6.07, 6.45) is 30.2. The Morgan fingerprint density at radius 3 is 0.634 bits per heavy atom. The van der Waals surface area contributed by atoms with E-state index in [9.17, 15) is 0 Å². The van der Waals surface area contributed by atoms with Gasteiger partial charge in [-0.2, -0.15) is 21.9 Å². The minimum absolute atomic E-state index is 0. The zero-order valence-corrected chi connectivity index (χ0v) is 46.0. The monoisotopic (exact) mass is 1220 g/mol. The molecule has 0 N–H and O–H groups in total. The van der Waals surface area contributed by atoms with Crippen molar-refractivity contribution >= 4 is 65.1 Å². The number of hydrogen-bond donors (Lipinski definition) is 0. The molecule has 0 unspecified atom stereocenters. The van der Waals surface area contributed by atoms with E-state index < -0.39 is 22.0 Å². The molecule has 15 radical (unpaired) electrons. The first-order valence-electron chi connectivity index (χ1n) is 24.2. The van der Waals surface area contributed by atoms with E-state index in [1.807, 2.05) is 0 Å². The summed E-state index contributed by atoms with van der Waals surface area (Å²) in [5.41, 5.74) is 8.19. The molecule has 0 saturated heterocycles. The maximum Gasteiger partial charge on any atom is 2.00 e. The molecule has 0 atom stereocenters. The Hall–Kier alpha value is -4.06. The van der Waals surface area contributed by atoms with Gasteiger partial charge in [0.1, 0.15) is 6.15 Å². The Balaban J connectivity index is 0.000000162. The van der Waals surface area contributed by atoms with Crippen LogP contribution in [0.5, 0.6) is 0 Å². The average Bonchev–Trinajstić information content (AvgIpc) is 4.16. The minimum Gasteiger partial charge on any atom is -0.195 e. The van der Waals surface area contributed by atoms with Gasteiger partial charge in [-0.1, -0.05) is 243 Å². The molecule has 3 aliphatic rings. The van der Waals surface area contributed by atoms with Crippen molar-refractivity contribution in [3.05, 3.63) is 331 Å². The topological polar surface area (TPSA) is 0 Å². The van der Waals surface area contributed by atoms with Crippen molar-refractivity contribution in [2.45, 2.75) is 25.7 Å². The summed E-state index contributed by atoms with van der Waals surface area (Å²) < 4.78 is 0. The van der Waals surface area contributed by atoms with Crippen LogP contribution in [0.3, 0.4) is 0 Å². The first-order valence-corrected chi connectivity index (χ1v) is 26.9. The van der Waals surface area contributed by atoms with E-state index in [0.29, 0.717) is 0 Å². The quantitative estimate of drug-likeness (QED) is 0.0946. The molecule has 353 valence electrons. The minimum atomic E-state index is -1.22. The van der Waals surface area contributed by atoms with E-state index in [1.165, 1.54) is 80.1 Å². The number of hydrogen-bond acceptors (Lipinski definition) is 0. The second kappa shape index (κ2) is 31.5. The molecule has 0 amide bonds. The zero-order valence-electron chi connectivity index (χ0n) is 40.0. The maximum atomic E-state index is 2.27. The van der Waals surface area contributed by atoms with Gasteiger partial charge in [0.15, 0.2) is 0 Å². The Labute approximate surface area is 457 Å². The normalized spacial score (nSPS) is 14.9. The molecule has 0 heterocycles. The van der Waals surface area contributed by atoms with Gasteiger partial charge in [-0.3, -0.25) is 0 Å². The molecule has 0 spiro atoms. The van der Waals surface area contributed by atoms with Gasteiger partial charge in [0.25, 0.3) is 0 Å². The molecule has 71 heavy (non-hydrogen) atoms. The predicted molar refractivity (Wildman–Crippen MR) is 305 cm³/mol. The van der Waals surface area contributed by atoms with E-state index in [1.54, 1.807) is 0 Å². The SMILES string of the molecule is [CH]1[CH]CC[CH][CH]CC1.[CH]1[CH][CH][C](P(c2ccccc2)c2ccccc2)[CH]1.[CH]1[CH][CH][C](P(c2ccccc2)c2ccccc2)[CH]1.[Os+2].[Rh].c1ccc([B-](c2ccccc2)(c2ccccc2)c2ccccc2)cc1. The van der Waals surface area contributed by atoms with Gasteiger partial charge in [0.2, 0.25) is 0 Å². The van der Waals surface area contributed by atoms with Gasteiger partial charge in [0.05, 0.1) is 0 Å². The molecule has 0 aromatic heterocycles. The second-order valence-corrected chi connectivity index (χ2v) is 21.3. The number of benzene rings is 8. The fraction of sp³-hybridized carbons (Fsp3) is 0.0606. The molecule has 3 aliphatic carbocycles. The van der Waals surface area contributed by atoms with E-state index in [-0.39, 0.29) is 39.3 Å². The van der Waals surface area contributed by atoms with Gasteiger partial charge in [0, 0.05) is 30.8 Å². The van der Waals surface area contributed by atoms with Gasteiger partial charge in [-0.25, -0.2) is 0 Å². The van der Waals surface area contributed by atoms with E-state index in [4.69, 9.17) is 0 Å². The van der Waals surface area contributed by atoms with E-state index >= 15 is 0 Å². The number of rotatable bonds is 10. The van der Waals surface area contributed by atoms with Crippen LogP contribution >= 0.6 is 15.8 Å². The van der Waals surface area contributed by atoms with Gasteiger partial charge < -0.3 is 0 Å². The summed E-state index contributed by atoms with van der Waals surface area (Å²) in [7, 11) is -0.818. The van der Waals surface area contributed by atoms with Crippen LogP contribution in [0.25, 0.3) is 0 Å². The Kier molecular flexibility index (Phi) is 25.0. The molecular formula is C66H60BOsP2Rh+. The van der Waals surface area contributed by atoms with Crippen LogP contribution < -0.4 is 43.1 Å². The third kappa shape index (κ3) is 16.0. The third-order valence-electron chi connectivity index (χ3n) is 12.4. The molecule has 3 saturated carbocycles. The van der Waals surface area contributed by atoms with Crippen molar-refractivity contribution in [2.75, 3.05) is 0 Å². The fourth-order valence-electron chi connectivity index (χ4n) is 9.21. The van der Waals surface area contributed by atoms with Crippen LogP contribution in [-0.2, 0) is 39.3 Å². The largest absolute Gasteiger partial charge is 2.00 e. The molecular weight excluding hydrogens is 1160 g/mol. The molecule has 5 heteroatoms. The summed E-state index contributed by atoms with van der Waals surface area (Å²) in [5.74, 6) is 0. The third-order valence-corrected chi connectivity index (χ3v) is 17.3. The summed E-state index contributed by atoms with van der Waals surface area (Å²) >= 11 is 0. The predicted octanol–water partition coefficient (Wildman–Crippen LogP) is 12.4. The van der Waals surface area contributed by atoms with Crippen molar-refractivity contribution in [1.29, 1.82) is 0 Å². The van der Waals surface area contributed by atoms with Crippen molar-refractivity contribution in [1.82, 2.24) is 0 Å². The molecule has 8 aromatic rings. The summed E-state index contributed by atoms with van der Waals surface area (Å²) in [4.78, 5) is 0. The Bertz CT molecular complexity index is 2200. The summed E-state index contributed by atoms with van der Waals surface area (Å²) in [5, 5.41) is 5.63. The smallest absolute Gasteiger partial charge is 0.195 e. The van der Waals surface area contributed by atoms with Crippen LogP contribution in [-0.4, -0.2) is 6.15 Å². The van der Waals surface area contributed by atoms with E-state index in [2.05, 4.69) is 320 Å². The molecule has 0 nitrogen and oxygen atoms in total. The van der Waals surface area contributed by atoms with Gasteiger partial charge in [-0.05, 0) is 140 Å². The maximum absolute atomic E-state index is 2.27. The van der Waals surface area contributed by atoms with Gasteiger partial charge in [-0.15, -0.1) is 0 Å². The summed E-state index contributed by atoms with van der Waals surface area (Å²) in [6.45, 7) is 0. The van der Waals surface area contributed by atoms with Gasteiger partial charge >= 0.3 is 19.8 Å². The fourth-order valence-corrected chi connectivity index (χ4v) is 13.8. The van der Waals surface area contributed by atoms with Crippen molar-refractivity contribution in [2.24, 2.45) is 0 Å². The first-order chi connectivity index (χ1) is 34.3. The summed E-state index contributed by atoms with van der Waals surface area (Å²) in [6, 6.07) is 86.6. The van der Waals surface area contributed by atoms with Crippen molar-refractivity contribution < 1.29 is 39.3 Å². The van der Waals surface area contributed by atoms with E-state index in [0.717, 1.165) is 0 Å². The van der Waals surface area contributed by atoms with Crippen LogP contribution in [0.4, 0.5) is 0 Å². The average molecular weight is 1220 g/mol. The first kappa shape index (κ1) is 56.2. The molecule has 8 aromatic carbocycles. The van der Waals surface area contributed by atoms with Crippen LogP contribution in [0.1, 0.15) is 25.7 Å². The van der Waals surface area contributed by atoms with Crippen LogP contribution in [0.2, 0.25) is 0 Å². The molecule has 11 rings (SSSR count). The molecule has 0 aliphatic heterocycles. The van der Waals surface area contributed by atoms with Crippen molar-refractivity contribution in [3.63, 3.8) is 0 Å². The Morgan fingerprint density at radius 1 is 0.254 bits per heavy atom. The second-order valence-electron chi connectivity index (χ2n) is 16.9. The molecule has 0 bridgehead atoms.